The molecule has 1 saturated carbocycles. The van der Waals surface area contributed by atoms with E-state index in [0.29, 0.717) is 72.2 Å². The molecule has 1 aromatic heterocycles. The first-order chi connectivity index (χ1) is 25.9. The van der Waals surface area contributed by atoms with Crippen LogP contribution in [0.5, 0.6) is 0 Å². The first kappa shape index (κ1) is 43.4. The fourth-order valence-corrected chi connectivity index (χ4v) is 7.08. The Kier molecular flexibility index (Phi) is 15.0. The van der Waals surface area contributed by atoms with Crippen molar-refractivity contribution < 1.29 is 40.8 Å². The normalized spacial score (nSPS) is 14.8. The topological polar surface area (TPSA) is 232 Å². The number of nitrogens with two attached hydrogens (primary N) is 1. The van der Waals surface area contributed by atoms with Crippen LogP contribution in [-0.2, 0) is 34.4 Å². The van der Waals surface area contributed by atoms with Crippen LogP contribution in [0.2, 0.25) is 10.0 Å². The number of carbonyl (C=O) groups excluding carboxylic acids is 5. The van der Waals surface area contributed by atoms with Gasteiger partial charge in [-0.15, -0.1) is 0 Å². The third kappa shape index (κ3) is 12.3. The molecule has 0 spiro atoms. The molecular weight excluding hydrogens is 795 g/mol. The zero-order valence-electron chi connectivity index (χ0n) is 30.0. The maximum atomic E-state index is 13.1. The Balaban J connectivity index is 0.000000191. The number of hydrogen-bond donors (Lipinski definition) is 4. The number of pyridine rings is 1. The van der Waals surface area contributed by atoms with Gasteiger partial charge in [-0.05, 0) is 74.3 Å². The molecule has 2 amide bonds. The zero-order chi connectivity index (χ0) is 40.5. The predicted molar refractivity (Wildman–Crippen MR) is 213 cm³/mol. The Labute approximate surface area is 328 Å². The molecule has 0 bridgehead atoms. The molecule has 4 aromatic rings. The number of nitrogens with zero attached hydrogens (tertiary/aromatic N) is 2. The van der Waals surface area contributed by atoms with Crippen molar-refractivity contribution >= 4 is 106 Å². The minimum Gasteiger partial charge on any atom is -0.330 e. The number of rotatable bonds is 9. The third-order valence-electron chi connectivity index (χ3n) is 8.14. The van der Waals surface area contributed by atoms with Crippen LogP contribution < -0.4 is 25.4 Å². The number of halogens is 2. The molecule has 15 nitrogen and oxygen atoms in total. The lowest BCUT2D eigenvalue weighted by molar-refractivity contribution is -0.129. The summed E-state index contributed by atoms with van der Waals surface area (Å²) in [6.45, 7) is 1.65. The van der Waals surface area contributed by atoms with Crippen molar-refractivity contribution in [2.45, 2.75) is 38.5 Å². The Hall–Kier alpha value is -4.36. The van der Waals surface area contributed by atoms with E-state index < -0.39 is 31.7 Å². The average Bonchev–Trinajstić information content (AvgIpc) is 3.55. The van der Waals surface area contributed by atoms with Crippen LogP contribution in [0.3, 0.4) is 0 Å². The van der Waals surface area contributed by atoms with Crippen LogP contribution in [0, 0.1) is 0 Å². The van der Waals surface area contributed by atoms with Crippen LogP contribution in [0.25, 0.3) is 21.8 Å². The van der Waals surface area contributed by atoms with Gasteiger partial charge in [0.2, 0.25) is 20.0 Å². The van der Waals surface area contributed by atoms with E-state index in [1.807, 2.05) is 24.3 Å². The molecular formula is C36H40Cl2N6O9S2. The molecule has 5 N–H and O–H groups in total. The lowest BCUT2D eigenvalue weighted by atomic mass is 9.98. The van der Waals surface area contributed by atoms with Crippen molar-refractivity contribution in [3.63, 3.8) is 0 Å². The first-order valence-electron chi connectivity index (χ1n) is 17.0. The average molecular weight is 836 g/mol. The Morgan fingerprint density at radius 3 is 2.04 bits per heavy atom. The number of benzene rings is 3. The fraction of sp³-hybridized carbons (Fsp3) is 0.333. The standard InChI is InChI=1S/C18H16ClN3O3S.C8H4ClNO2.C6H8O2.C4H12N2O2S/c1-26(24,25)20-8-3-9-22-15-5-2-4-14-17(15)16(18(22)23)12-10-11(19)6-7-13(12)21-14;9-4-1-2-6-5(3-4)7(11)8(12)10-6;7-5-2-1-3-6(8)4-5;1-9(7,8)6-4-2-3-5/h2,4-7,10,20H,3,8-9H2,1H3;1-3H,(H,10,11,12);1-4H2;6H,2-5H2,1H3. The van der Waals surface area contributed by atoms with E-state index in [4.69, 9.17) is 28.9 Å². The number of carbonyl (C=O) groups is 5. The summed E-state index contributed by atoms with van der Waals surface area (Å²) in [7, 11) is -6.24. The molecule has 3 aromatic carbocycles. The molecule has 0 saturated heterocycles. The van der Waals surface area contributed by atoms with Crippen LogP contribution in [0.15, 0.2) is 54.6 Å². The molecule has 0 unspecified atom stereocenters. The summed E-state index contributed by atoms with van der Waals surface area (Å²) < 4.78 is 47.9. The Morgan fingerprint density at radius 2 is 1.44 bits per heavy atom. The molecule has 294 valence electrons. The summed E-state index contributed by atoms with van der Waals surface area (Å²) in [5.74, 6) is -0.993. The van der Waals surface area contributed by atoms with Gasteiger partial charge in [0.05, 0.1) is 52.5 Å². The molecule has 0 atom stereocenters. The number of nitrogens with one attached hydrogen (secondary N) is 3. The van der Waals surface area contributed by atoms with Crippen molar-refractivity contribution in [2.24, 2.45) is 5.73 Å². The number of Topliss-reactive ketones (excluding diaryl/α,β-unsaturated/α-hetero) is 3. The quantitative estimate of drug-likeness (QED) is 0.0815. The summed E-state index contributed by atoms with van der Waals surface area (Å²) >= 11 is 11.8. The van der Waals surface area contributed by atoms with Crippen molar-refractivity contribution in [2.75, 3.05) is 48.9 Å². The smallest absolute Gasteiger partial charge is 0.296 e. The van der Waals surface area contributed by atoms with Gasteiger partial charge >= 0.3 is 0 Å². The SMILES string of the molecule is CS(=O)(=O)NCCCN.CS(=O)(=O)NCCCN1C(=O)c2c3cc(Cl)ccc3nc3cccc1c23.O=C1CCCC(=O)C1.O=C1Nc2ccc(Cl)cc2C1=O. The van der Waals surface area contributed by atoms with Gasteiger partial charge in [-0.1, -0.05) is 29.3 Å². The maximum Gasteiger partial charge on any atom is 0.296 e. The van der Waals surface area contributed by atoms with Gasteiger partial charge in [0.1, 0.15) is 11.6 Å². The molecule has 3 aliphatic rings. The monoisotopic (exact) mass is 834 g/mol. The number of ketones is 3. The fourth-order valence-electron chi connectivity index (χ4n) is 5.71. The van der Waals surface area contributed by atoms with Crippen LogP contribution >= 0.6 is 23.2 Å². The molecule has 2 aliphatic heterocycles. The highest BCUT2D eigenvalue weighted by molar-refractivity contribution is 7.89. The molecule has 19 heteroatoms. The van der Waals surface area contributed by atoms with Crippen LogP contribution in [-0.4, -0.2) is 89.7 Å². The number of aromatic nitrogens is 1. The second-order valence-electron chi connectivity index (χ2n) is 12.7. The molecule has 1 aliphatic carbocycles. The van der Waals surface area contributed by atoms with Gasteiger partial charge in [0.25, 0.3) is 17.6 Å². The van der Waals surface area contributed by atoms with Crippen molar-refractivity contribution in [3.8, 4) is 0 Å². The highest BCUT2D eigenvalue weighted by atomic mass is 35.5. The van der Waals surface area contributed by atoms with Gasteiger partial charge in [-0.2, -0.15) is 0 Å². The van der Waals surface area contributed by atoms with E-state index >= 15 is 0 Å². The van der Waals surface area contributed by atoms with Gasteiger partial charge < -0.3 is 16.0 Å². The number of anilines is 2. The summed E-state index contributed by atoms with van der Waals surface area (Å²) in [5, 5.41) is 4.99. The maximum absolute atomic E-state index is 13.1. The summed E-state index contributed by atoms with van der Waals surface area (Å²) in [6.07, 6.45) is 5.65. The lowest BCUT2D eigenvalue weighted by Gasteiger charge is -2.17. The highest BCUT2D eigenvalue weighted by Crippen LogP contribution is 2.40. The van der Waals surface area contributed by atoms with Gasteiger partial charge in [0, 0.05) is 53.3 Å². The van der Waals surface area contributed by atoms with E-state index in [1.165, 1.54) is 6.07 Å². The van der Waals surface area contributed by atoms with Crippen molar-refractivity contribution in [3.05, 3.63) is 75.8 Å². The largest absolute Gasteiger partial charge is 0.330 e. The van der Waals surface area contributed by atoms with Gasteiger partial charge in [-0.3, -0.25) is 24.0 Å². The van der Waals surface area contributed by atoms with Crippen molar-refractivity contribution in [1.29, 1.82) is 0 Å². The molecule has 0 radical (unpaired) electrons. The Bertz CT molecular complexity index is 2360. The third-order valence-corrected chi connectivity index (χ3v) is 10.1. The van der Waals surface area contributed by atoms with E-state index in [0.717, 1.165) is 46.4 Å². The van der Waals surface area contributed by atoms with E-state index in [9.17, 15) is 40.8 Å². The number of hydrogen-bond acceptors (Lipinski definition) is 11. The summed E-state index contributed by atoms with van der Waals surface area (Å²) in [6, 6.07) is 15.7. The van der Waals surface area contributed by atoms with Crippen LogP contribution in [0.4, 0.5) is 11.4 Å². The zero-order valence-corrected chi connectivity index (χ0v) is 33.1. The van der Waals surface area contributed by atoms with E-state index in [1.54, 1.807) is 29.2 Å². The molecule has 3 heterocycles. The lowest BCUT2D eigenvalue weighted by Crippen LogP contribution is -2.31. The summed E-state index contributed by atoms with van der Waals surface area (Å²) in [4.78, 5) is 62.3. The van der Waals surface area contributed by atoms with Crippen LogP contribution in [0.1, 0.15) is 59.2 Å². The van der Waals surface area contributed by atoms with E-state index in [2.05, 4.69) is 19.7 Å². The van der Waals surface area contributed by atoms with Gasteiger partial charge in [0.15, 0.2) is 0 Å². The minimum absolute atomic E-state index is 0.106. The first-order valence-corrected chi connectivity index (χ1v) is 21.5. The molecule has 55 heavy (non-hydrogen) atoms. The second-order valence-corrected chi connectivity index (χ2v) is 17.2. The highest BCUT2D eigenvalue weighted by Gasteiger charge is 2.32. The second kappa shape index (κ2) is 19.0. The minimum atomic E-state index is -3.24. The molecule has 1 fully saturated rings. The van der Waals surface area contributed by atoms with E-state index in [-0.39, 0.29) is 30.4 Å². The number of sulfonamides is 2. The van der Waals surface area contributed by atoms with Crippen molar-refractivity contribution in [1.82, 2.24) is 14.4 Å². The number of fused-ring (bicyclic) bond motifs is 3. The summed E-state index contributed by atoms with van der Waals surface area (Å²) in [5.41, 5.74) is 8.91. The van der Waals surface area contributed by atoms with Gasteiger partial charge in [-0.25, -0.2) is 31.3 Å². The predicted octanol–water partition coefficient (Wildman–Crippen LogP) is 4.00. The molecule has 7 rings (SSSR count). The Morgan fingerprint density at radius 1 is 0.818 bits per heavy atom. The number of amides is 2.